The second-order valence-electron chi connectivity index (χ2n) is 9.12. The molecule has 0 unspecified atom stereocenters. The minimum atomic E-state index is -0.337. The van der Waals surface area contributed by atoms with Gasteiger partial charge in [0, 0.05) is 11.6 Å². The molecule has 0 atom stereocenters. The van der Waals surface area contributed by atoms with E-state index in [4.69, 9.17) is 14.5 Å². The summed E-state index contributed by atoms with van der Waals surface area (Å²) >= 11 is 3.25. The van der Waals surface area contributed by atoms with E-state index < -0.39 is 0 Å². The minimum Gasteiger partial charge on any atom is -0.473 e. The third-order valence-electron chi connectivity index (χ3n) is 5.43. The van der Waals surface area contributed by atoms with Crippen molar-refractivity contribution in [3.63, 3.8) is 0 Å². The lowest BCUT2D eigenvalue weighted by Crippen LogP contribution is -2.15. The van der Waals surface area contributed by atoms with Crippen molar-refractivity contribution in [3.05, 3.63) is 112 Å². The third-order valence-corrected chi connectivity index (χ3v) is 6.07. The molecule has 0 saturated carbocycles. The van der Waals surface area contributed by atoms with Crippen LogP contribution in [0.3, 0.4) is 0 Å². The maximum atomic E-state index is 14.5. The van der Waals surface area contributed by atoms with Gasteiger partial charge in [-0.3, -0.25) is 0 Å². The molecule has 0 spiro atoms. The van der Waals surface area contributed by atoms with E-state index in [-0.39, 0.29) is 11.2 Å². The zero-order valence-electron chi connectivity index (χ0n) is 19.5. The highest BCUT2D eigenvalue weighted by Crippen LogP contribution is 2.41. The summed E-state index contributed by atoms with van der Waals surface area (Å²) in [5.41, 5.74) is 4.24. The predicted molar refractivity (Wildman–Crippen MR) is 138 cm³/mol. The smallest absolute Gasteiger partial charge is 0.225 e. The van der Waals surface area contributed by atoms with E-state index in [1.54, 1.807) is 6.07 Å². The molecule has 4 rings (SSSR count). The highest BCUT2D eigenvalue weighted by atomic mass is 79.9. The van der Waals surface area contributed by atoms with E-state index in [1.165, 1.54) is 6.07 Å². The molecule has 4 aromatic rings. The van der Waals surface area contributed by atoms with Gasteiger partial charge in [0.25, 0.3) is 0 Å². The molecule has 34 heavy (non-hydrogen) atoms. The van der Waals surface area contributed by atoms with E-state index in [1.807, 2.05) is 72.8 Å². The van der Waals surface area contributed by atoms with Crippen LogP contribution in [0.4, 0.5) is 4.39 Å². The highest BCUT2D eigenvalue weighted by molar-refractivity contribution is 9.10. The van der Waals surface area contributed by atoms with Crippen molar-refractivity contribution >= 4 is 15.9 Å². The summed E-state index contributed by atoms with van der Waals surface area (Å²) in [6, 6.07) is 26.9. The van der Waals surface area contributed by atoms with Crippen molar-refractivity contribution < 1.29 is 13.9 Å². The van der Waals surface area contributed by atoms with Crippen LogP contribution in [0.1, 0.15) is 37.5 Å². The molecule has 0 radical (unpaired) electrons. The number of hydrogen-bond donors (Lipinski definition) is 0. The molecule has 0 aliphatic rings. The summed E-state index contributed by atoms with van der Waals surface area (Å²) in [5.74, 6) is 0.551. The Morgan fingerprint density at radius 2 is 1.38 bits per heavy atom. The fourth-order valence-electron chi connectivity index (χ4n) is 3.66. The fourth-order valence-corrected chi connectivity index (χ4v) is 3.90. The molecule has 3 aromatic carbocycles. The molecule has 1 aromatic heterocycles. The monoisotopic (exact) mass is 519 g/mol. The summed E-state index contributed by atoms with van der Waals surface area (Å²) in [5, 5.41) is 0. The highest BCUT2D eigenvalue weighted by Gasteiger charge is 2.26. The summed E-state index contributed by atoms with van der Waals surface area (Å²) < 4.78 is 27.3. The van der Waals surface area contributed by atoms with Crippen molar-refractivity contribution in [1.82, 2.24) is 4.98 Å². The van der Waals surface area contributed by atoms with Crippen molar-refractivity contribution in [1.29, 1.82) is 0 Å². The van der Waals surface area contributed by atoms with Gasteiger partial charge >= 0.3 is 0 Å². The molecular weight excluding hydrogens is 493 g/mol. The molecule has 174 valence electrons. The van der Waals surface area contributed by atoms with Crippen molar-refractivity contribution in [2.45, 2.75) is 39.4 Å². The van der Waals surface area contributed by atoms with E-state index in [0.29, 0.717) is 35.0 Å². The Morgan fingerprint density at radius 1 is 0.794 bits per heavy atom. The van der Waals surface area contributed by atoms with Crippen LogP contribution in [0.2, 0.25) is 0 Å². The summed E-state index contributed by atoms with van der Waals surface area (Å²) in [6.07, 6.45) is 0. The SMILES string of the molecule is CC(C)(C)c1cc(OCc2ccccc2)nc(OCc2ccccc2)c1-c1ccc(Br)c(F)c1. The number of rotatable bonds is 7. The maximum absolute atomic E-state index is 14.5. The van der Waals surface area contributed by atoms with Gasteiger partial charge in [-0.05, 0) is 55.7 Å². The normalized spacial score (nSPS) is 11.3. The number of nitrogens with zero attached hydrogens (tertiary/aromatic N) is 1. The molecule has 1 heterocycles. The molecule has 0 bridgehead atoms. The molecule has 3 nitrogen and oxygen atoms in total. The molecule has 5 heteroatoms. The quantitative estimate of drug-likeness (QED) is 0.247. The van der Waals surface area contributed by atoms with Gasteiger partial charge in [0.1, 0.15) is 19.0 Å². The van der Waals surface area contributed by atoms with Crippen LogP contribution in [-0.2, 0) is 18.6 Å². The van der Waals surface area contributed by atoms with E-state index in [0.717, 1.165) is 22.3 Å². The van der Waals surface area contributed by atoms with Gasteiger partial charge in [-0.2, -0.15) is 4.98 Å². The molecule has 0 amide bonds. The van der Waals surface area contributed by atoms with Crippen molar-refractivity contribution in [3.8, 4) is 22.9 Å². The lowest BCUT2D eigenvalue weighted by atomic mass is 9.82. The molecule has 0 fully saturated rings. The summed E-state index contributed by atoms with van der Waals surface area (Å²) in [4.78, 5) is 4.73. The van der Waals surface area contributed by atoms with Crippen molar-refractivity contribution in [2.75, 3.05) is 0 Å². The average Bonchev–Trinajstić information content (AvgIpc) is 2.83. The van der Waals surface area contributed by atoms with Gasteiger partial charge < -0.3 is 9.47 Å². The number of pyridine rings is 1. The first-order valence-corrected chi connectivity index (χ1v) is 11.9. The molecule has 0 saturated heterocycles. The Hall–Kier alpha value is -3.18. The second-order valence-corrected chi connectivity index (χ2v) is 9.97. The Balaban J connectivity index is 1.79. The van der Waals surface area contributed by atoms with Gasteiger partial charge in [-0.1, -0.05) is 87.5 Å². The predicted octanol–water partition coefficient (Wildman–Crippen LogP) is 8.11. The van der Waals surface area contributed by atoms with Crippen LogP contribution in [0.15, 0.2) is 89.4 Å². The number of halogens is 2. The van der Waals surface area contributed by atoms with Crippen molar-refractivity contribution in [2.24, 2.45) is 0 Å². The number of hydrogen-bond acceptors (Lipinski definition) is 3. The largest absolute Gasteiger partial charge is 0.473 e. The van der Waals surface area contributed by atoms with Gasteiger partial charge in [-0.15, -0.1) is 0 Å². The number of ether oxygens (including phenoxy) is 2. The molecular formula is C29H27BrFNO2. The Morgan fingerprint density at radius 3 is 1.94 bits per heavy atom. The zero-order chi connectivity index (χ0) is 24.1. The number of aromatic nitrogens is 1. The number of benzene rings is 3. The summed E-state index contributed by atoms with van der Waals surface area (Å²) in [7, 11) is 0. The topological polar surface area (TPSA) is 31.4 Å². The third kappa shape index (κ3) is 5.84. The Bertz CT molecular complexity index is 1250. The first-order valence-electron chi connectivity index (χ1n) is 11.2. The maximum Gasteiger partial charge on any atom is 0.225 e. The first kappa shape index (κ1) is 24.0. The van der Waals surface area contributed by atoms with E-state index in [2.05, 4.69) is 36.7 Å². The molecule has 0 aliphatic heterocycles. The Kier molecular flexibility index (Phi) is 7.32. The molecule has 0 aliphatic carbocycles. The molecule has 0 N–H and O–H groups in total. The van der Waals surface area contributed by atoms with E-state index >= 15 is 0 Å². The fraction of sp³-hybridized carbons (Fsp3) is 0.207. The van der Waals surface area contributed by atoms with Crippen LogP contribution in [0.25, 0.3) is 11.1 Å². The Labute approximate surface area is 208 Å². The van der Waals surface area contributed by atoms with Crippen LogP contribution in [0.5, 0.6) is 11.8 Å². The van der Waals surface area contributed by atoms with Crippen LogP contribution in [-0.4, -0.2) is 4.98 Å². The minimum absolute atomic E-state index is 0.266. The lowest BCUT2D eigenvalue weighted by Gasteiger charge is -2.26. The van der Waals surface area contributed by atoms with Gasteiger partial charge in [-0.25, -0.2) is 4.39 Å². The van der Waals surface area contributed by atoms with Crippen LogP contribution in [0, 0.1) is 5.82 Å². The standard InChI is InChI=1S/C29H27BrFNO2/c1-29(2,3)23-17-26(33-18-20-10-6-4-7-11-20)32-28(34-19-21-12-8-5-9-13-21)27(23)22-14-15-24(30)25(31)16-22/h4-17H,18-19H2,1-3H3. The van der Waals surface area contributed by atoms with Gasteiger partial charge in [0.05, 0.1) is 4.47 Å². The van der Waals surface area contributed by atoms with Gasteiger partial charge in [0.15, 0.2) is 0 Å². The van der Waals surface area contributed by atoms with Crippen LogP contribution >= 0.6 is 15.9 Å². The lowest BCUT2D eigenvalue weighted by molar-refractivity contribution is 0.267. The average molecular weight is 520 g/mol. The first-order chi connectivity index (χ1) is 16.3. The second kappa shape index (κ2) is 10.4. The zero-order valence-corrected chi connectivity index (χ0v) is 21.1. The van der Waals surface area contributed by atoms with Gasteiger partial charge in [0.2, 0.25) is 11.8 Å². The summed E-state index contributed by atoms with van der Waals surface area (Å²) in [6.45, 7) is 7.07. The van der Waals surface area contributed by atoms with Crippen LogP contribution < -0.4 is 9.47 Å². The van der Waals surface area contributed by atoms with E-state index in [9.17, 15) is 4.39 Å².